The summed E-state index contributed by atoms with van der Waals surface area (Å²) in [6.07, 6.45) is 1.29. The summed E-state index contributed by atoms with van der Waals surface area (Å²) in [4.78, 5) is 12.0. The average molecular weight is 290 g/mol. The molecule has 118 valence electrons. The minimum absolute atomic E-state index is 0.126. The Labute approximate surface area is 129 Å². The third kappa shape index (κ3) is 4.59. The van der Waals surface area contributed by atoms with Crippen LogP contribution in [0.4, 0.5) is 0 Å². The summed E-state index contributed by atoms with van der Waals surface area (Å²) in [5.41, 5.74) is 3.61. The fourth-order valence-corrected chi connectivity index (χ4v) is 2.38. The predicted octanol–water partition coefficient (Wildman–Crippen LogP) is 5.76. The summed E-state index contributed by atoms with van der Waals surface area (Å²) in [6, 6.07) is 4.41. The van der Waals surface area contributed by atoms with Crippen molar-refractivity contribution in [3.05, 3.63) is 28.8 Å². The van der Waals surface area contributed by atoms with Gasteiger partial charge in [-0.2, -0.15) is 0 Å². The zero-order chi connectivity index (χ0) is 16.2. The van der Waals surface area contributed by atoms with E-state index in [1.165, 1.54) is 5.56 Å². The van der Waals surface area contributed by atoms with Crippen molar-refractivity contribution in [1.29, 1.82) is 0 Å². The molecule has 2 nitrogen and oxygen atoms in total. The minimum Gasteiger partial charge on any atom is -0.426 e. The molecule has 0 aromatic heterocycles. The van der Waals surface area contributed by atoms with Gasteiger partial charge in [0.15, 0.2) is 0 Å². The van der Waals surface area contributed by atoms with Gasteiger partial charge < -0.3 is 4.74 Å². The Morgan fingerprint density at radius 2 is 1.43 bits per heavy atom. The van der Waals surface area contributed by atoms with E-state index < -0.39 is 0 Å². The monoisotopic (exact) mass is 290 g/mol. The molecule has 0 atom stereocenters. The van der Waals surface area contributed by atoms with Crippen molar-refractivity contribution >= 4 is 5.97 Å². The van der Waals surface area contributed by atoms with Crippen LogP contribution in [0, 0.1) is 0 Å². The summed E-state index contributed by atoms with van der Waals surface area (Å²) in [5.74, 6) is 1.82. The Kier molecular flexibility index (Phi) is 6.44. The van der Waals surface area contributed by atoms with E-state index in [1.807, 2.05) is 6.92 Å². The lowest BCUT2D eigenvalue weighted by Crippen LogP contribution is -2.12. The van der Waals surface area contributed by atoms with Crippen LogP contribution in [0.1, 0.15) is 95.8 Å². The average Bonchev–Trinajstić information content (AvgIpc) is 2.37. The molecule has 1 aromatic rings. The summed E-state index contributed by atoms with van der Waals surface area (Å²) in [7, 11) is 0. The van der Waals surface area contributed by atoms with Crippen molar-refractivity contribution in [1.82, 2.24) is 0 Å². The van der Waals surface area contributed by atoms with Gasteiger partial charge in [0.1, 0.15) is 5.75 Å². The molecule has 0 fully saturated rings. The van der Waals surface area contributed by atoms with Gasteiger partial charge in [-0.05, 0) is 40.9 Å². The highest BCUT2D eigenvalue weighted by Crippen LogP contribution is 2.37. The molecular weight excluding hydrogens is 260 g/mol. The number of rotatable bonds is 6. The number of hydrogen-bond acceptors (Lipinski definition) is 2. The topological polar surface area (TPSA) is 26.3 Å². The second-order valence-corrected chi connectivity index (χ2v) is 6.72. The Balaban J connectivity index is 3.39. The molecule has 0 amide bonds. The first-order valence-corrected chi connectivity index (χ1v) is 8.16. The number of carbonyl (C=O) groups is 1. The van der Waals surface area contributed by atoms with Crippen LogP contribution in [-0.2, 0) is 4.79 Å². The molecule has 0 saturated carbocycles. The second kappa shape index (κ2) is 7.63. The molecule has 1 rings (SSSR count). The molecule has 0 aliphatic carbocycles. The molecule has 0 unspecified atom stereocenters. The highest BCUT2D eigenvalue weighted by Gasteiger charge is 2.20. The van der Waals surface area contributed by atoms with Gasteiger partial charge in [0.05, 0.1) is 0 Å². The third-order valence-corrected chi connectivity index (χ3v) is 3.75. The number of esters is 1. The van der Waals surface area contributed by atoms with Crippen molar-refractivity contribution < 1.29 is 9.53 Å². The van der Waals surface area contributed by atoms with Crippen molar-refractivity contribution in [3.8, 4) is 5.75 Å². The molecule has 0 saturated heterocycles. The quantitative estimate of drug-likeness (QED) is 0.491. The van der Waals surface area contributed by atoms with Crippen LogP contribution < -0.4 is 4.74 Å². The summed E-state index contributed by atoms with van der Waals surface area (Å²) in [6.45, 7) is 15.0. The smallest absolute Gasteiger partial charge is 0.311 e. The summed E-state index contributed by atoms with van der Waals surface area (Å²) >= 11 is 0. The van der Waals surface area contributed by atoms with Gasteiger partial charge in [0, 0.05) is 6.42 Å². The first-order chi connectivity index (χ1) is 9.77. The van der Waals surface area contributed by atoms with Crippen molar-refractivity contribution in [3.63, 3.8) is 0 Å². The number of hydrogen-bond donors (Lipinski definition) is 0. The van der Waals surface area contributed by atoms with Gasteiger partial charge >= 0.3 is 5.97 Å². The van der Waals surface area contributed by atoms with Crippen LogP contribution in [0.25, 0.3) is 0 Å². The first kappa shape index (κ1) is 17.7. The molecule has 0 bridgehead atoms. The lowest BCUT2D eigenvalue weighted by atomic mass is 9.88. The standard InChI is InChI=1S/C19H30O2/c1-8-9-18(20)21-19-16(13(4)5)10-15(12(2)3)11-17(19)14(6)7/h10-14H,8-9H2,1-7H3. The number of benzene rings is 1. The summed E-state index contributed by atoms with van der Waals surface area (Å²) in [5, 5.41) is 0. The Bertz CT molecular complexity index is 455. The molecule has 0 aliphatic rings. The van der Waals surface area contributed by atoms with E-state index in [0.29, 0.717) is 24.2 Å². The number of ether oxygens (including phenoxy) is 1. The van der Waals surface area contributed by atoms with Crippen molar-refractivity contribution in [2.45, 2.75) is 79.1 Å². The molecule has 0 heterocycles. The zero-order valence-electron chi connectivity index (χ0n) is 14.6. The molecule has 2 heteroatoms. The van der Waals surface area contributed by atoms with Crippen molar-refractivity contribution in [2.24, 2.45) is 0 Å². The predicted molar refractivity (Wildman–Crippen MR) is 89.3 cm³/mol. The normalized spacial score (nSPS) is 11.5. The first-order valence-electron chi connectivity index (χ1n) is 8.16. The maximum Gasteiger partial charge on any atom is 0.311 e. The highest BCUT2D eigenvalue weighted by molar-refractivity contribution is 5.73. The van der Waals surface area contributed by atoms with Gasteiger partial charge in [-0.25, -0.2) is 0 Å². The van der Waals surface area contributed by atoms with Crippen molar-refractivity contribution in [2.75, 3.05) is 0 Å². The van der Waals surface area contributed by atoms with Gasteiger partial charge in [0.2, 0.25) is 0 Å². The van der Waals surface area contributed by atoms with Crippen LogP contribution in [0.5, 0.6) is 5.75 Å². The zero-order valence-corrected chi connectivity index (χ0v) is 14.6. The van der Waals surface area contributed by atoms with Gasteiger partial charge in [-0.1, -0.05) is 60.6 Å². The largest absolute Gasteiger partial charge is 0.426 e. The Morgan fingerprint density at radius 3 is 1.76 bits per heavy atom. The molecule has 21 heavy (non-hydrogen) atoms. The van der Waals surface area contributed by atoms with Gasteiger partial charge in [0.25, 0.3) is 0 Å². The van der Waals surface area contributed by atoms with Crippen LogP contribution in [0.2, 0.25) is 0 Å². The maximum atomic E-state index is 12.0. The highest BCUT2D eigenvalue weighted by atomic mass is 16.5. The third-order valence-electron chi connectivity index (χ3n) is 3.75. The van der Waals surface area contributed by atoms with Crippen LogP contribution >= 0.6 is 0 Å². The maximum absolute atomic E-state index is 12.0. The van der Waals surface area contributed by atoms with E-state index in [2.05, 4.69) is 53.7 Å². The van der Waals surface area contributed by atoms with E-state index in [1.54, 1.807) is 0 Å². The van der Waals surface area contributed by atoms with Gasteiger partial charge in [-0.3, -0.25) is 4.79 Å². The SMILES string of the molecule is CCCC(=O)Oc1c(C(C)C)cc(C(C)C)cc1C(C)C. The van der Waals surface area contributed by atoms with Gasteiger partial charge in [-0.15, -0.1) is 0 Å². The molecule has 0 N–H and O–H groups in total. The lowest BCUT2D eigenvalue weighted by Gasteiger charge is -2.22. The lowest BCUT2D eigenvalue weighted by molar-refractivity contribution is -0.134. The Morgan fingerprint density at radius 1 is 0.952 bits per heavy atom. The molecule has 1 aromatic carbocycles. The molecular formula is C19H30O2. The van der Waals surface area contributed by atoms with E-state index in [4.69, 9.17) is 4.74 Å². The Hall–Kier alpha value is -1.31. The number of carbonyl (C=O) groups excluding carboxylic acids is 1. The fraction of sp³-hybridized carbons (Fsp3) is 0.632. The van der Waals surface area contributed by atoms with E-state index in [9.17, 15) is 4.79 Å². The van der Waals surface area contributed by atoms with Crippen LogP contribution in [0.3, 0.4) is 0 Å². The molecule has 0 aliphatic heterocycles. The summed E-state index contributed by atoms with van der Waals surface area (Å²) < 4.78 is 5.74. The van der Waals surface area contributed by atoms with E-state index in [-0.39, 0.29) is 5.97 Å². The van der Waals surface area contributed by atoms with Crippen LogP contribution in [-0.4, -0.2) is 5.97 Å². The second-order valence-electron chi connectivity index (χ2n) is 6.72. The van der Waals surface area contributed by atoms with E-state index >= 15 is 0 Å². The van der Waals surface area contributed by atoms with E-state index in [0.717, 1.165) is 23.3 Å². The minimum atomic E-state index is -0.126. The fourth-order valence-electron chi connectivity index (χ4n) is 2.38. The van der Waals surface area contributed by atoms with Crippen LogP contribution in [0.15, 0.2) is 12.1 Å². The molecule has 0 spiro atoms. The molecule has 0 radical (unpaired) electrons.